The van der Waals surface area contributed by atoms with E-state index in [0.29, 0.717) is 0 Å². The molecule has 1 heteroatoms. The molecule has 0 radical (unpaired) electrons. The first-order chi connectivity index (χ1) is 6.44. The Morgan fingerprint density at radius 2 is 1.86 bits per heavy atom. The summed E-state index contributed by atoms with van der Waals surface area (Å²) in [6, 6.07) is 0. The molecular weight excluding hydrogens is 172 g/mol. The zero-order valence-corrected chi connectivity index (χ0v) is 10.2. The number of aliphatic hydroxyl groups excluding tert-OH is 1. The van der Waals surface area contributed by atoms with Gasteiger partial charge in [-0.3, -0.25) is 0 Å². The molecule has 1 nitrogen and oxygen atoms in total. The fraction of sp³-hybridized carbons (Fsp3) is 0.692. The van der Waals surface area contributed by atoms with Crippen LogP contribution in [0, 0.1) is 5.41 Å². The van der Waals surface area contributed by atoms with Crippen LogP contribution < -0.4 is 0 Å². The molecule has 0 aromatic rings. The Morgan fingerprint density at radius 1 is 1.29 bits per heavy atom. The molecule has 14 heavy (non-hydrogen) atoms. The van der Waals surface area contributed by atoms with Gasteiger partial charge in [0, 0.05) is 0 Å². The second-order valence-corrected chi connectivity index (χ2v) is 4.60. The predicted molar refractivity (Wildman–Crippen MR) is 63.3 cm³/mol. The zero-order valence-electron chi connectivity index (χ0n) is 10.2. The van der Waals surface area contributed by atoms with E-state index in [4.69, 9.17) is 5.11 Å². The fourth-order valence-corrected chi connectivity index (χ4v) is 1.33. The highest BCUT2D eigenvalue weighted by Crippen LogP contribution is 2.31. The van der Waals surface area contributed by atoms with Crippen molar-refractivity contribution in [2.75, 3.05) is 6.61 Å². The van der Waals surface area contributed by atoms with Crippen LogP contribution in [0.15, 0.2) is 23.3 Å². The third kappa shape index (κ3) is 4.61. The van der Waals surface area contributed by atoms with Gasteiger partial charge < -0.3 is 5.11 Å². The number of aliphatic hydroxyl groups is 1. The Morgan fingerprint density at radius 3 is 2.29 bits per heavy atom. The Hall–Kier alpha value is -0.560. The van der Waals surface area contributed by atoms with E-state index >= 15 is 0 Å². The molecule has 82 valence electrons. The van der Waals surface area contributed by atoms with Gasteiger partial charge in [-0.15, -0.1) is 0 Å². The van der Waals surface area contributed by atoms with Gasteiger partial charge in [0.25, 0.3) is 0 Å². The molecule has 0 aromatic carbocycles. The quantitative estimate of drug-likeness (QED) is 0.665. The summed E-state index contributed by atoms with van der Waals surface area (Å²) in [5.74, 6) is 0. The predicted octanol–water partition coefficient (Wildman–Crippen LogP) is 3.70. The molecule has 0 spiro atoms. The van der Waals surface area contributed by atoms with E-state index in [2.05, 4.69) is 39.8 Å². The lowest BCUT2D eigenvalue weighted by Crippen LogP contribution is -2.12. The van der Waals surface area contributed by atoms with Crippen LogP contribution in [0.4, 0.5) is 0 Å². The topological polar surface area (TPSA) is 20.2 Å². The Balaban J connectivity index is 4.13. The lowest BCUT2D eigenvalue weighted by atomic mass is 9.80. The van der Waals surface area contributed by atoms with Crippen molar-refractivity contribution >= 4 is 0 Å². The van der Waals surface area contributed by atoms with Crippen molar-refractivity contribution < 1.29 is 5.11 Å². The summed E-state index contributed by atoms with van der Waals surface area (Å²) in [7, 11) is 0. The molecule has 0 aliphatic heterocycles. The van der Waals surface area contributed by atoms with Crippen LogP contribution in [0.2, 0.25) is 0 Å². The maximum atomic E-state index is 8.84. The number of hydrogen-bond donors (Lipinski definition) is 1. The maximum Gasteiger partial charge on any atom is 0.0639 e. The molecule has 0 fully saturated rings. The van der Waals surface area contributed by atoms with Crippen LogP contribution in [0.1, 0.15) is 47.5 Å². The molecule has 0 aliphatic carbocycles. The van der Waals surface area contributed by atoms with Crippen LogP contribution in [0.3, 0.4) is 0 Å². The summed E-state index contributed by atoms with van der Waals surface area (Å²) >= 11 is 0. The van der Waals surface area contributed by atoms with Gasteiger partial charge in [-0.2, -0.15) is 0 Å². The van der Waals surface area contributed by atoms with E-state index in [1.54, 1.807) is 0 Å². The summed E-state index contributed by atoms with van der Waals surface area (Å²) in [6.07, 6.45) is 6.50. The van der Waals surface area contributed by atoms with Crippen molar-refractivity contribution in [2.45, 2.75) is 47.5 Å². The van der Waals surface area contributed by atoms with E-state index in [9.17, 15) is 0 Å². The van der Waals surface area contributed by atoms with Crippen molar-refractivity contribution in [3.05, 3.63) is 23.3 Å². The zero-order chi connectivity index (χ0) is 11.2. The minimum Gasteiger partial charge on any atom is -0.392 e. The van der Waals surface area contributed by atoms with Crippen molar-refractivity contribution in [3.63, 3.8) is 0 Å². The van der Waals surface area contributed by atoms with Gasteiger partial charge >= 0.3 is 0 Å². The first kappa shape index (κ1) is 13.4. The number of rotatable bonds is 5. The van der Waals surface area contributed by atoms with Crippen molar-refractivity contribution in [1.82, 2.24) is 0 Å². The SMILES string of the molecule is C/C=C(\C)C(C)(C)CC/C=C(\C)CO. The Bertz CT molecular complexity index is 221. The maximum absolute atomic E-state index is 8.84. The monoisotopic (exact) mass is 196 g/mol. The van der Waals surface area contributed by atoms with E-state index in [1.165, 1.54) is 5.57 Å². The molecule has 0 aromatic heterocycles. The van der Waals surface area contributed by atoms with Crippen molar-refractivity contribution in [3.8, 4) is 0 Å². The van der Waals surface area contributed by atoms with Gasteiger partial charge in [0.05, 0.1) is 6.61 Å². The normalized spacial score (nSPS) is 14.7. The molecule has 0 unspecified atom stereocenters. The van der Waals surface area contributed by atoms with Gasteiger partial charge in [0.2, 0.25) is 0 Å². The first-order valence-corrected chi connectivity index (χ1v) is 5.34. The van der Waals surface area contributed by atoms with E-state index < -0.39 is 0 Å². The minimum atomic E-state index is 0.184. The largest absolute Gasteiger partial charge is 0.392 e. The molecule has 0 atom stereocenters. The second kappa shape index (κ2) is 6.02. The molecule has 1 N–H and O–H groups in total. The summed E-state index contributed by atoms with van der Waals surface area (Å²) in [5, 5.41) is 8.84. The smallest absolute Gasteiger partial charge is 0.0639 e. The van der Waals surface area contributed by atoms with Crippen LogP contribution in [0.25, 0.3) is 0 Å². The molecule has 0 bridgehead atoms. The van der Waals surface area contributed by atoms with E-state index in [1.807, 2.05) is 6.92 Å². The summed E-state index contributed by atoms with van der Waals surface area (Å²) in [4.78, 5) is 0. The Labute approximate surface area is 88.5 Å². The second-order valence-electron chi connectivity index (χ2n) is 4.60. The van der Waals surface area contributed by atoms with Gasteiger partial charge in [0.1, 0.15) is 0 Å². The van der Waals surface area contributed by atoms with Crippen LogP contribution in [-0.4, -0.2) is 11.7 Å². The van der Waals surface area contributed by atoms with Gasteiger partial charge in [-0.1, -0.05) is 37.1 Å². The highest BCUT2D eigenvalue weighted by atomic mass is 16.3. The summed E-state index contributed by atoms with van der Waals surface area (Å²) in [5.41, 5.74) is 2.78. The van der Waals surface area contributed by atoms with Crippen LogP contribution in [0.5, 0.6) is 0 Å². The average molecular weight is 196 g/mol. The average Bonchev–Trinajstić information content (AvgIpc) is 2.15. The fourth-order valence-electron chi connectivity index (χ4n) is 1.33. The van der Waals surface area contributed by atoms with Gasteiger partial charge in [0.15, 0.2) is 0 Å². The first-order valence-electron chi connectivity index (χ1n) is 5.34. The molecule has 0 saturated heterocycles. The summed E-state index contributed by atoms with van der Waals surface area (Å²) in [6.45, 7) is 11.0. The molecule has 0 aliphatic rings. The van der Waals surface area contributed by atoms with Gasteiger partial charge in [-0.25, -0.2) is 0 Å². The molecule has 0 rings (SSSR count). The van der Waals surface area contributed by atoms with Crippen molar-refractivity contribution in [2.24, 2.45) is 5.41 Å². The van der Waals surface area contributed by atoms with Crippen LogP contribution in [-0.2, 0) is 0 Å². The Kier molecular flexibility index (Phi) is 5.78. The lowest BCUT2D eigenvalue weighted by Gasteiger charge is -2.25. The molecule has 0 amide bonds. The molecule has 0 saturated carbocycles. The van der Waals surface area contributed by atoms with E-state index in [-0.39, 0.29) is 12.0 Å². The third-order valence-corrected chi connectivity index (χ3v) is 3.01. The van der Waals surface area contributed by atoms with Crippen molar-refractivity contribution in [1.29, 1.82) is 0 Å². The summed E-state index contributed by atoms with van der Waals surface area (Å²) < 4.78 is 0. The highest BCUT2D eigenvalue weighted by Gasteiger charge is 2.17. The third-order valence-electron chi connectivity index (χ3n) is 3.01. The van der Waals surface area contributed by atoms with Crippen LogP contribution >= 0.6 is 0 Å². The highest BCUT2D eigenvalue weighted by molar-refractivity contribution is 5.08. The number of allylic oxidation sites excluding steroid dienone is 3. The van der Waals surface area contributed by atoms with Gasteiger partial charge in [-0.05, 0) is 39.0 Å². The standard InChI is InChI=1S/C13H24O/c1-6-12(3)13(4,5)9-7-8-11(2)10-14/h6,8,14H,7,9-10H2,1-5H3/b11-8+,12-6+. The lowest BCUT2D eigenvalue weighted by molar-refractivity contribution is 0.330. The molecular formula is C13H24O. The van der Waals surface area contributed by atoms with E-state index in [0.717, 1.165) is 18.4 Å². The number of hydrogen-bond acceptors (Lipinski definition) is 1. The molecule has 0 heterocycles. The minimum absolute atomic E-state index is 0.184.